The van der Waals surface area contributed by atoms with Crippen molar-refractivity contribution in [2.24, 2.45) is 11.7 Å². The summed E-state index contributed by atoms with van der Waals surface area (Å²) < 4.78 is 0. The number of hydrogen-bond donors (Lipinski definition) is 2. The number of rotatable bonds is 5. The van der Waals surface area contributed by atoms with Crippen molar-refractivity contribution < 1.29 is 9.90 Å². The van der Waals surface area contributed by atoms with Crippen LogP contribution in [0.15, 0.2) is 0 Å². The summed E-state index contributed by atoms with van der Waals surface area (Å²) >= 11 is 0. The fourth-order valence-corrected chi connectivity index (χ4v) is 0.842. The maximum atomic E-state index is 10.2. The first-order chi connectivity index (χ1) is 6.13. The molecule has 0 spiro atoms. The summed E-state index contributed by atoms with van der Waals surface area (Å²) in [4.78, 5) is 10.2. The van der Waals surface area contributed by atoms with Crippen molar-refractivity contribution in [3.8, 4) is 0 Å². The Hall–Kier alpha value is -0.570. The molecule has 3 heteroatoms. The number of carboxylic acids is 1. The third kappa shape index (κ3) is 11.4. The molecule has 0 saturated carbocycles. The molecule has 0 aromatic heterocycles. The Bertz CT molecular complexity index is 109. The zero-order valence-electron chi connectivity index (χ0n) is 9.05. The second-order valence-corrected chi connectivity index (χ2v) is 2.99. The van der Waals surface area contributed by atoms with E-state index >= 15 is 0 Å². The van der Waals surface area contributed by atoms with Gasteiger partial charge in [0, 0.05) is 0 Å². The normalized spacial score (nSPS) is 9.31. The molecule has 0 aliphatic rings. The van der Waals surface area contributed by atoms with Gasteiger partial charge in [0.05, 0.1) is 5.92 Å². The Morgan fingerprint density at radius 2 is 1.77 bits per heavy atom. The van der Waals surface area contributed by atoms with Gasteiger partial charge in [0.25, 0.3) is 0 Å². The molecule has 0 unspecified atom stereocenters. The quantitative estimate of drug-likeness (QED) is 0.697. The minimum Gasteiger partial charge on any atom is -0.481 e. The van der Waals surface area contributed by atoms with Crippen LogP contribution in [-0.2, 0) is 4.79 Å². The molecule has 0 rings (SSSR count). The van der Waals surface area contributed by atoms with Gasteiger partial charge in [-0.15, -0.1) is 0 Å². The van der Waals surface area contributed by atoms with Crippen molar-refractivity contribution in [1.82, 2.24) is 0 Å². The average Bonchev–Trinajstić information content (AvgIpc) is 2.08. The maximum absolute atomic E-state index is 10.2. The number of carbonyl (C=O) groups is 1. The molecule has 0 heterocycles. The Balaban J connectivity index is 0. The second kappa shape index (κ2) is 11.4. The van der Waals surface area contributed by atoms with Crippen molar-refractivity contribution in [1.29, 1.82) is 0 Å². The van der Waals surface area contributed by atoms with E-state index in [0.29, 0.717) is 0 Å². The predicted molar refractivity (Wildman–Crippen MR) is 55.7 cm³/mol. The van der Waals surface area contributed by atoms with Crippen LogP contribution in [0, 0.1) is 5.92 Å². The van der Waals surface area contributed by atoms with E-state index in [1.807, 2.05) is 13.8 Å². The molecule has 0 amide bonds. The molecule has 13 heavy (non-hydrogen) atoms. The number of unbranched alkanes of at least 4 members (excludes halogenated alkanes) is 1. The highest BCUT2D eigenvalue weighted by atomic mass is 16.4. The maximum Gasteiger partial charge on any atom is 0.306 e. The molecule has 3 nitrogen and oxygen atoms in total. The highest BCUT2D eigenvalue weighted by Crippen LogP contribution is 2.05. The molecule has 0 aliphatic carbocycles. The van der Waals surface area contributed by atoms with E-state index in [1.165, 1.54) is 12.8 Å². The first-order valence-corrected chi connectivity index (χ1v) is 5.06. The van der Waals surface area contributed by atoms with E-state index in [2.05, 4.69) is 6.92 Å². The smallest absolute Gasteiger partial charge is 0.306 e. The van der Waals surface area contributed by atoms with Gasteiger partial charge >= 0.3 is 5.97 Å². The fourth-order valence-electron chi connectivity index (χ4n) is 0.842. The summed E-state index contributed by atoms with van der Waals surface area (Å²) in [5, 5.41) is 8.37. The lowest BCUT2D eigenvalue weighted by atomic mass is 10.1. The van der Waals surface area contributed by atoms with Crippen LogP contribution >= 0.6 is 0 Å². The number of aliphatic carboxylic acids is 1. The highest BCUT2D eigenvalue weighted by molar-refractivity contribution is 5.69. The molecule has 0 radical (unpaired) electrons. The van der Waals surface area contributed by atoms with E-state index in [4.69, 9.17) is 10.8 Å². The third-order valence-electron chi connectivity index (χ3n) is 1.89. The Morgan fingerprint density at radius 1 is 1.31 bits per heavy atom. The zero-order valence-corrected chi connectivity index (χ0v) is 9.05. The van der Waals surface area contributed by atoms with Crippen LogP contribution < -0.4 is 5.73 Å². The van der Waals surface area contributed by atoms with Gasteiger partial charge in [-0.3, -0.25) is 4.79 Å². The van der Waals surface area contributed by atoms with Gasteiger partial charge in [-0.2, -0.15) is 0 Å². The van der Waals surface area contributed by atoms with Crippen LogP contribution in [0.4, 0.5) is 0 Å². The lowest BCUT2D eigenvalue weighted by Gasteiger charge is -2.02. The molecule has 0 aromatic carbocycles. The Labute approximate surface area is 81.3 Å². The van der Waals surface area contributed by atoms with Crippen LogP contribution in [0.2, 0.25) is 0 Å². The Morgan fingerprint density at radius 3 is 1.77 bits per heavy atom. The minimum atomic E-state index is -0.671. The van der Waals surface area contributed by atoms with Crippen LogP contribution in [0.1, 0.15) is 46.5 Å². The van der Waals surface area contributed by atoms with Crippen molar-refractivity contribution in [2.75, 3.05) is 6.54 Å². The van der Waals surface area contributed by atoms with Crippen molar-refractivity contribution in [2.45, 2.75) is 46.5 Å². The number of nitrogens with two attached hydrogens (primary N) is 1. The first kappa shape index (κ1) is 14.9. The van der Waals surface area contributed by atoms with Gasteiger partial charge in [0.15, 0.2) is 0 Å². The van der Waals surface area contributed by atoms with Gasteiger partial charge in [-0.05, 0) is 25.8 Å². The molecule has 0 aliphatic heterocycles. The van der Waals surface area contributed by atoms with E-state index < -0.39 is 5.97 Å². The molecule has 0 saturated heterocycles. The minimum absolute atomic E-state index is 0.130. The molecular formula is C10H23NO2. The van der Waals surface area contributed by atoms with Crippen molar-refractivity contribution in [3.05, 3.63) is 0 Å². The largest absolute Gasteiger partial charge is 0.481 e. The van der Waals surface area contributed by atoms with E-state index in [1.54, 1.807) is 0 Å². The predicted octanol–water partition coefficient (Wildman–Crippen LogP) is 2.25. The molecule has 0 bridgehead atoms. The van der Waals surface area contributed by atoms with Crippen molar-refractivity contribution in [3.63, 3.8) is 0 Å². The summed E-state index contributed by atoms with van der Waals surface area (Å²) in [6.07, 6.45) is 3.87. The second-order valence-electron chi connectivity index (χ2n) is 2.99. The first-order valence-electron chi connectivity index (χ1n) is 5.06. The van der Waals surface area contributed by atoms with Gasteiger partial charge in [0.2, 0.25) is 0 Å². The summed E-state index contributed by atoms with van der Waals surface area (Å²) in [5.74, 6) is -0.801. The van der Waals surface area contributed by atoms with E-state index in [-0.39, 0.29) is 5.92 Å². The van der Waals surface area contributed by atoms with Gasteiger partial charge in [0.1, 0.15) is 0 Å². The topological polar surface area (TPSA) is 63.3 Å². The molecule has 80 valence electrons. The fraction of sp³-hybridized carbons (Fsp3) is 0.900. The standard InChI is InChI=1S/C6H12O2.C4H11N/c1-3-5(4-2)6(7)8;1-2-3-4-5/h5H,3-4H2,1-2H3,(H,7,8);2-5H2,1H3. The van der Waals surface area contributed by atoms with E-state index in [9.17, 15) is 4.79 Å². The summed E-state index contributed by atoms with van der Waals surface area (Å²) in [6, 6.07) is 0. The van der Waals surface area contributed by atoms with Crippen LogP contribution in [0.5, 0.6) is 0 Å². The average molecular weight is 189 g/mol. The van der Waals surface area contributed by atoms with Gasteiger partial charge in [-0.25, -0.2) is 0 Å². The summed E-state index contributed by atoms with van der Waals surface area (Å²) in [7, 11) is 0. The Kier molecular flexibility index (Phi) is 13.1. The van der Waals surface area contributed by atoms with Gasteiger partial charge < -0.3 is 10.8 Å². The lowest BCUT2D eigenvalue weighted by Crippen LogP contribution is -2.10. The number of hydrogen-bond acceptors (Lipinski definition) is 2. The van der Waals surface area contributed by atoms with Crippen LogP contribution in [0.3, 0.4) is 0 Å². The molecule has 0 aromatic rings. The summed E-state index contributed by atoms with van der Waals surface area (Å²) in [6.45, 7) is 6.76. The summed E-state index contributed by atoms with van der Waals surface area (Å²) in [5.41, 5.74) is 5.14. The zero-order chi connectivity index (χ0) is 10.7. The van der Waals surface area contributed by atoms with Gasteiger partial charge in [-0.1, -0.05) is 27.2 Å². The van der Waals surface area contributed by atoms with Crippen LogP contribution in [-0.4, -0.2) is 17.6 Å². The SMILES string of the molecule is CCC(CC)C(=O)O.CCCCN. The van der Waals surface area contributed by atoms with Crippen molar-refractivity contribution >= 4 is 5.97 Å². The highest BCUT2D eigenvalue weighted by Gasteiger charge is 2.10. The lowest BCUT2D eigenvalue weighted by molar-refractivity contribution is -0.141. The van der Waals surface area contributed by atoms with Crippen LogP contribution in [0.25, 0.3) is 0 Å². The monoisotopic (exact) mass is 189 g/mol. The van der Waals surface area contributed by atoms with E-state index in [0.717, 1.165) is 19.4 Å². The third-order valence-corrected chi connectivity index (χ3v) is 1.89. The molecule has 0 atom stereocenters. The molecular weight excluding hydrogens is 166 g/mol. The number of carboxylic acid groups (broad SMARTS) is 1. The molecule has 3 N–H and O–H groups in total. The molecule has 0 fully saturated rings.